The lowest BCUT2D eigenvalue weighted by Crippen LogP contribution is -2.28. The molecular formula is C12H25NO2. The normalized spacial score (nSPS) is 23.6. The Hall–Kier alpha value is -0.120. The Morgan fingerprint density at radius 2 is 2.20 bits per heavy atom. The molecule has 3 nitrogen and oxygen atoms in total. The molecule has 2 unspecified atom stereocenters. The molecule has 1 saturated heterocycles. The molecule has 1 fully saturated rings. The first-order valence-electron chi connectivity index (χ1n) is 6.10. The Morgan fingerprint density at radius 3 is 2.80 bits per heavy atom. The van der Waals surface area contributed by atoms with Crippen molar-refractivity contribution >= 4 is 0 Å². The van der Waals surface area contributed by atoms with Gasteiger partial charge >= 0.3 is 0 Å². The Morgan fingerprint density at radius 1 is 1.40 bits per heavy atom. The summed E-state index contributed by atoms with van der Waals surface area (Å²) in [6.45, 7) is 11.2. The van der Waals surface area contributed by atoms with E-state index in [1.807, 2.05) is 0 Å². The lowest BCUT2D eigenvalue weighted by atomic mass is 10.1. The number of hydrogen-bond acceptors (Lipinski definition) is 3. The van der Waals surface area contributed by atoms with Gasteiger partial charge in [-0.2, -0.15) is 0 Å². The number of ether oxygens (including phenoxy) is 2. The van der Waals surface area contributed by atoms with Gasteiger partial charge < -0.3 is 14.8 Å². The first-order valence-corrected chi connectivity index (χ1v) is 6.10. The highest BCUT2D eigenvalue weighted by Gasteiger charge is 2.14. The van der Waals surface area contributed by atoms with Crippen LogP contribution in [0.4, 0.5) is 0 Å². The van der Waals surface area contributed by atoms with E-state index in [-0.39, 0.29) is 0 Å². The second kappa shape index (κ2) is 7.20. The van der Waals surface area contributed by atoms with Crippen LogP contribution in [0.15, 0.2) is 0 Å². The van der Waals surface area contributed by atoms with Crippen LogP contribution in [-0.4, -0.2) is 39.0 Å². The molecule has 1 N–H and O–H groups in total. The van der Waals surface area contributed by atoms with Crippen LogP contribution in [0.3, 0.4) is 0 Å². The van der Waals surface area contributed by atoms with Gasteiger partial charge in [-0.1, -0.05) is 13.8 Å². The summed E-state index contributed by atoms with van der Waals surface area (Å²) < 4.78 is 11.0. The van der Waals surface area contributed by atoms with Gasteiger partial charge in [0.2, 0.25) is 0 Å². The molecule has 0 bridgehead atoms. The molecule has 1 heterocycles. The summed E-state index contributed by atoms with van der Waals surface area (Å²) in [5.41, 5.74) is 0. The van der Waals surface area contributed by atoms with E-state index in [0.29, 0.717) is 17.9 Å². The van der Waals surface area contributed by atoms with E-state index in [1.54, 1.807) is 0 Å². The van der Waals surface area contributed by atoms with Gasteiger partial charge in [0, 0.05) is 19.7 Å². The summed E-state index contributed by atoms with van der Waals surface area (Å²) in [7, 11) is 0. The molecule has 1 rings (SSSR count). The maximum Gasteiger partial charge on any atom is 0.0594 e. The minimum atomic E-state index is 0.363. The molecule has 90 valence electrons. The van der Waals surface area contributed by atoms with E-state index in [4.69, 9.17) is 9.47 Å². The SMILES string of the molecule is CC(C)C(C)OCCNCC1CCOC1. The minimum Gasteiger partial charge on any atom is -0.381 e. The van der Waals surface area contributed by atoms with Gasteiger partial charge in [-0.05, 0) is 25.2 Å². The molecule has 0 aliphatic carbocycles. The van der Waals surface area contributed by atoms with Crippen LogP contribution in [0.5, 0.6) is 0 Å². The minimum absolute atomic E-state index is 0.363. The van der Waals surface area contributed by atoms with Crippen LogP contribution in [0.1, 0.15) is 27.2 Å². The molecular weight excluding hydrogens is 190 g/mol. The van der Waals surface area contributed by atoms with Crippen molar-refractivity contribution in [2.75, 3.05) is 32.9 Å². The lowest BCUT2D eigenvalue weighted by Gasteiger charge is -2.17. The fourth-order valence-electron chi connectivity index (χ4n) is 1.56. The van der Waals surface area contributed by atoms with Crippen molar-refractivity contribution in [3.05, 3.63) is 0 Å². The van der Waals surface area contributed by atoms with Crippen molar-refractivity contribution in [1.29, 1.82) is 0 Å². The third-order valence-electron chi connectivity index (χ3n) is 3.06. The lowest BCUT2D eigenvalue weighted by molar-refractivity contribution is 0.0370. The van der Waals surface area contributed by atoms with Crippen molar-refractivity contribution in [2.45, 2.75) is 33.3 Å². The molecule has 0 aromatic carbocycles. The van der Waals surface area contributed by atoms with E-state index < -0.39 is 0 Å². The largest absolute Gasteiger partial charge is 0.381 e. The summed E-state index contributed by atoms with van der Waals surface area (Å²) in [4.78, 5) is 0. The fourth-order valence-corrected chi connectivity index (χ4v) is 1.56. The van der Waals surface area contributed by atoms with Crippen molar-refractivity contribution in [2.24, 2.45) is 11.8 Å². The van der Waals surface area contributed by atoms with Gasteiger partial charge in [0.1, 0.15) is 0 Å². The van der Waals surface area contributed by atoms with Crippen LogP contribution in [0.25, 0.3) is 0 Å². The number of nitrogens with one attached hydrogen (secondary N) is 1. The van der Waals surface area contributed by atoms with E-state index in [2.05, 4.69) is 26.1 Å². The monoisotopic (exact) mass is 215 g/mol. The molecule has 0 spiro atoms. The highest BCUT2D eigenvalue weighted by Crippen LogP contribution is 2.10. The van der Waals surface area contributed by atoms with E-state index in [9.17, 15) is 0 Å². The third-order valence-corrected chi connectivity index (χ3v) is 3.06. The summed E-state index contributed by atoms with van der Waals surface area (Å²) in [5, 5.41) is 3.42. The number of hydrogen-bond donors (Lipinski definition) is 1. The highest BCUT2D eigenvalue weighted by molar-refractivity contribution is 4.66. The zero-order valence-electron chi connectivity index (χ0n) is 10.3. The van der Waals surface area contributed by atoms with Gasteiger partial charge in [-0.25, -0.2) is 0 Å². The van der Waals surface area contributed by atoms with Gasteiger partial charge in [0.15, 0.2) is 0 Å². The molecule has 0 amide bonds. The van der Waals surface area contributed by atoms with E-state index in [0.717, 1.165) is 32.9 Å². The second-order valence-electron chi connectivity index (χ2n) is 4.75. The summed E-state index contributed by atoms with van der Waals surface area (Å²) in [6, 6.07) is 0. The van der Waals surface area contributed by atoms with Crippen LogP contribution in [0.2, 0.25) is 0 Å². The van der Waals surface area contributed by atoms with Crippen molar-refractivity contribution in [1.82, 2.24) is 5.32 Å². The Bertz CT molecular complexity index is 152. The molecule has 3 heteroatoms. The summed E-state index contributed by atoms with van der Waals surface area (Å²) in [6.07, 6.45) is 1.57. The summed E-state index contributed by atoms with van der Waals surface area (Å²) in [5.74, 6) is 1.32. The first-order chi connectivity index (χ1) is 7.20. The van der Waals surface area contributed by atoms with E-state index in [1.165, 1.54) is 6.42 Å². The third kappa shape index (κ3) is 5.50. The van der Waals surface area contributed by atoms with Crippen LogP contribution in [-0.2, 0) is 9.47 Å². The van der Waals surface area contributed by atoms with Gasteiger partial charge in [0.25, 0.3) is 0 Å². The zero-order valence-corrected chi connectivity index (χ0v) is 10.3. The predicted octanol–water partition coefficient (Wildman–Crippen LogP) is 1.67. The van der Waals surface area contributed by atoms with Gasteiger partial charge in [-0.3, -0.25) is 0 Å². The molecule has 0 radical (unpaired) electrons. The van der Waals surface area contributed by atoms with Crippen LogP contribution >= 0.6 is 0 Å². The fraction of sp³-hybridized carbons (Fsp3) is 1.00. The standard InChI is InChI=1S/C12H25NO2/c1-10(2)11(3)15-7-5-13-8-12-4-6-14-9-12/h10-13H,4-9H2,1-3H3. The zero-order chi connectivity index (χ0) is 11.1. The molecule has 15 heavy (non-hydrogen) atoms. The molecule has 0 aromatic heterocycles. The maximum atomic E-state index is 5.67. The number of rotatable bonds is 7. The van der Waals surface area contributed by atoms with Crippen molar-refractivity contribution < 1.29 is 9.47 Å². The Kier molecular flexibility index (Phi) is 6.22. The average molecular weight is 215 g/mol. The molecule has 0 aromatic rings. The predicted molar refractivity (Wildman–Crippen MR) is 62.0 cm³/mol. The molecule has 0 saturated carbocycles. The molecule has 2 atom stereocenters. The van der Waals surface area contributed by atoms with Crippen molar-refractivity contribution in [3.8, 4) is 0 Å². The maximum absolute atomic E-state index is 5.67. The second-order valence-corrected chi connectivity index (χ2v) is 4.75. The molecule has 1 aliphatic rings. The van der Waals surface area contributed by atoms with Gasteiger partial charge in [0.05, 0.1) is 19.3 Å². The van der Waals surface area contributed by atoms with Crippen LogP contribution < -0.4 is 5.32 Å². The Balaban J connectivity index is 1.88. The summed E-state index contributed by atoms with van der Waals surface area (Å²) >= 11 is 0. The smallest absolute Gasteiger partial charge is 0.0594 e. The van der Waals surface area contributed by atoms with Crippen molar-refractivity contribution in [3.63, 3.8) is 0 Å². The molecule has 1 aliphatic heterocycles. The first kappa shape index (κ1) is 12.9. The topological polar surface area (TPSA) is 30.5 Å². The average Bonchev–Trinajstić information content (AvgIpc) is 2.69. The Labute approximate surface area is 93.5 Å². The highest BCUT2D eigenvalue weighted by atomic mass is 16.5. The quantitative estimate of drug-likeness (QED) is 0.655. The van der Waals surface area contributed by atoms with Gasteiger partial charge in [-0.15, -0.1) is 0 Å². The van der Waals surface area contributed by atoms with E-state index >= 15 is 0 Å². The van der Waals surface area contributed by atoms with Crippen LogP contribution in [0, 0.1) is 11.8 Å².